The summed E-state index contributed by atoms with van der Waals surface area (Å²) >= 11 is 0. The van der Waals surface area contributed by atoms with Gasteiger partial charge in [0.15, 0.2) is 0 Å². The molecule has 1 N–H and O–H groups in total. The van der Waals surface area contributed by atoms with Crippen LogP contribution in [0.3, 0.4) is 0 Å². The number of amides is 1. The van der Waals surface area contributed by atoms with Gasteiger partial charge in [-0.15, -0.1) is 0 Å². The molecule has 1 aromatic rings. The van der Waals surface area contributed by atoms with Gasteiger partial charge in [0.1, 0.15) is 0 Å². The van der Waals surface area contributed by atoms with Gasteiger partial charge in [-0.2, -0.15) is 13.2 Å². The van der Waals surface area contributed by atoms with Crippen molar-refractivity contribution < 1.29 is 26.4 Å². The lowest BCUT2D eigenvalue weighted by molar-refractivity contribution is -0.118. The van der Waals surface area contributed by atoms with Crippen LogP contribution in [0.5, 0.6) is 0 Å². The molecule has 1 aromatic carbocycles. The lowest BCUT2D eigenvalue weighted by Crippen LogP contribution is -2.28. The van der Waals surface area contributed by atoms with Crippen LogP contribution in [0.1, 0.15) is 38.7 Å². The topological polar surface area (TPSA) is 63.2 Å². The number of nitrogens with one attached hydrogen (secondary N) is 1. The molecule has 1 aliphatic rings. The monoisotopic (exact) mass is 375 g/mol. The van der Waals surface area contributed by atoms with E-state index >= 15 is 0 Å². The highest BCUT2D eigenvalue weighted by molar-refractivity contribution is 7.92. The number of benzene rings is 1. The minimum atomic E-state index is -5.40. The zero-order chi connectivity index (χ0) is 18.9. The number of hydrogen-bond acceptors (Lipinski definition) is 3. The van der Waals surface area contributed by atoms with Crippen LogP contribution in [-0.4, -0.2) is 19.8 Å². The molecular formula is C17H20F3NO3S. The summed E-state index contributed by atoms with van der Waals surface area (Å²) in [5.74, 6) is -0.278. The minimum Gasteiger partial charge on any atom is -0.348 e. The van der Waals surface area contributed by atoms with Gasteiger partial charge in [0.05, 0.1) is 4.90 Å². The molecule has 0 fully saturated rings. The molecule has 0 heterocycles. The standard InChI is InChI=1S/C17H20F3NO3S/c1-16(2)8-6-13(7-9-16)15(22)21-11-12-4-3-5-14(10-12)25(23,24)17(18,19)20/h3-6,10H,7-9,11H2,1-2H3,(H,21,22). The Morgan fingerprint density at radius 2 is 1.96 bits per heavy atom. The Balaban J connectivity index is 2.06. The molecule has 25 heavy (non-hydrogen) atoms. The van der Waals surface area contributed by atoms with Gasteiger partial charge in [0, 0.05) is 12.1 Å². The highest BCUT2D eigenvalue weighted by Gasteiger charge is 2.46. The average Bonchev–Trinajstić information content (AvgIpc) is 2.52. The third kappa shape index (κ3) is 4.62. The quantitative estimate of drug-likeness (QED) is 0.872. The molecule has 0 radical (unpaired) electrons. The Morgan fingerprint density at radius 1 is 1.28 bits per heavy atom. The Morgan fingerprint density at radius 3 is 2.52 bits per heavy atom. The predicted octanol–water partition coefficient (Wildman–Crippen LogP) is 3.73. The van der Waals surface area contributed by atoms with Crippen molar-refractivity contribution in [1.29, 1.82) is 0 Å². The van der Waals surface area contributed by atoms with E-state index in [1.54, 1.807) is 0 Å². The first-order valence-corrected chi connectivity index (χ1v) is 9.28. The van der Waals surface area contributed by atoms with E-state index in [0.29, 0.717) is 12.0 Å². The lowest BCUT2D eigenvalue weighted by atomic mass is 9.78. The minimum absolute atomic E-state index is 0.0409. The highest BCUT2D eigenvalue weighted by Crippen LogP contribution is 2.34. The van der Waals surface area contributed by atoms with Gasteiger partial charge in [0.25, 0.3) is 9.84 Å². The summed E-state index contributed by atoms with van der Waals surface area (Å²) in [4.78, 5) is 11.3. The van der Waals surface area contributed by atoms with Crippen molar-refractivity contribution in [2.75, 3.05) is 0 Å². The number of rotatable bonds is 4. The average molecular weight is 375 g/mol. The highest BCUT2D eigenvalue weighted by atomic mass is 32.2. The molecule has 0 aromatic heterocycles. The molecule has 0 saturated carbocycles. The summed E-state index contributed by atoms with van der Waals surface area (Å²) in [6.45, 7) is 4.19. The van der Waals surface area contributed by atoms with Crippen LogP contribution in [-0.2, 0) is 21.2 Å². The molecule has 1 amide bonds. The van der Waals surface area contributed by atoms with E-state index in [1.807, 2.05) is 6.08 Å². The van der Waals surface area contributed by atoms with Gasteiger partial charge < -0.3 is 5.32 Å². The van der Waals surface area contributed by atoms with Gasteiger partial charge in [-0.25, -0.2) is 8.42 Å². The molecule has 0 spiro atoms. The molecule has 0 unspecified atom stereocenters. The van der Waals surface area contributed by atoms with Crippen molar-refractivity contribution in [2.24, 2.45) is 5.41 Å². The number of allylic oxidation sites excluding steroid dienone is 1. The van der Waals surface area contributed by atoms with E-state index in [4.69, 9.17) is 0 Å². The Kier molecular flexibility index (Phi) is 5.32. The van der Waals surface area contributed by atoms with Crippen LogP contribution < -0.4 is 5.32 Å². The molecule has 1 aliphatic carbocycles. The summed E-state index contributed by atoms with van der Waals surface area (Å²) in [5, 5.41) is 2.63. The molecule has 4 nitrogen and oxygen atoms in total. The van der Waals surface area contributed by atoms with Crippen molar-refractivity contribution in [3.63, 3.8) is 0 Å². The largest absolute Gasteiger partial charge is 0.501 e. The van der Waals surface area contributed by atoms with Crippen molar-refractivity contribution in [3.05, 3.63) is 41.5 Å². The number of hydrogen-bond donors (Lipinski definition) is 1. The van der Waals surface area contributed by atoms with E-state index in [1.165, 1.54) is 12.1 Å². The Hall–Kier alpha value is -1.83. The summed E-state index contributed by atoms with van der Waals surface area (Å²) in [6, 6.07) is 4.51. The molecular weight excluding hydrogens is 355 g/mol. The number of halogens is 3. The summed E-state index contributed by atoms with van der Waals surface area (Å²) in [7, 11) is -5.40. The van der Waals surface area contributed by atoms with Crippen molar-refractivity contribution in [2.45, 2.75) is 50.1 Å². The van der Waals surface area contributed by atoms with Gasteiger partial charge in [-0.3, -0.25) is 4.79 Å². The SMILES string of the molecule is CC1(C)CC=C(C(=O)NCc2cccc(S(=O)(=O)C(F)(F)F)c2)CC1. The first-order chi connectivity index (χ1) is 11.4. The van der Waals surface area contributed by atoms with Crippen LogP contribution in [0.25, 0.3) is 0 Å². The smallest absolute Gasteiger partial charge is 0.348 e. The van der Waals surface area contributed by atoms with Crippen LogP contribution in [0.15, 0.2) is 40.8 Å². The maximum absolute atomic E-state index is 12.6. The van der Waals surface area contributed by atoms with Gasteiger partial charge in [-0.05, 0) is 42.4 Å². The second-order valence-electron chi connectivity index (χ2n) is 6.88. The maximum atomic E-state index is 12.6. The molecule has 8 heteroatoms. The van der Waals surface area contributed by atoms with Gasteiger partial charge in [0.2, 0.25) is 5.91 Å². The van der Waals surface area contributed by atoms with Crippen LogP contribution in [0.4, 0.5) is 13.2 Å². The first kappa shape index (κ1) is 19.5. The summed E-state index contributed by atoms with van der Waals surface area (Å²) in [5.41, 5.74) is -4.26. The normalized spacial score (nSPS) is 17.7. The molecule has 138 valence electrons. The lowest BCUT2D eigenvalue weighted by Gasteiger charge is -2.28. The number of alkyl halides is 3. The third-order valence-corrected chi connectivity index (χ3v) is 5.71. The zero-order valence-electron chi connectivity index (χ0n) is 14.0. The predicted molar refractivity (Wildman–Crippen MR) is 87.2 cm³/mol. The first-order valence-electron chi connectivity index (χ1n) is 7.80. The number of carbonyl (C=O) groups is 1. The van der Waals surface area contributed by atoms with Crippen LogP contribution >= 0.6 is 0 Å². The third-order valence-electron chi connectivity index (χ3n) is 4.23. The maximum Gasteiger partial charge on any atom is 0.501 e. The van der Waals surface area contributed by atoms with Gasteiger partial charge >= 0.3 is 5.51 Å². The zero-order valence-corrected chi connectivity index (χ0v) is 14.8. The summed E-state index contributed by atoms with van der Waals surface area (Å²) in [6.07, 6.45) is 4.19. The van der Waals surface area contributed by atoms with Crippen LogP contribution in [0, 0.1) is 5.41 Å². The van der Waals surface area contributed by atoms with E-state index < -0.39 is 20.2 Å². The second kappa shape index (κ2) is 6.82. The Labute approximate surface area is 145 Å². The van der Waals surface area contributed by atoms with Crippen LogP contribution in [0.2, 0.25) is 0 Å². The fourth-order valence-electron chi connectivity index (χ4n) is 2.54. The van der Waals surface area contributed by atoms with Crippen molar-refractivity contribution >= 4 is 15.7 Å². The molecule has 0 saturated heterocycles. The second-order valence-corrected chi connectivity index (χ2v) is 8.82. The van der Waals surface area contributed by atoms with E-state index in [2.05, 4.69) is 19.2 Å². The number of carbonyl (C=O) groups excluding carboxylic acids is 1. The number of sulfone groups is 1. The fourth-order valence-corrected chi connectivity index (χ4v) is 3.37. The summed E-state index contributed by atoms with van der Waals surface area (Å²) < 4.78 is 60.7. The molecule has 2 rings (SSSR count). The van der Waals surface area contributed by atoms with Gasteiger partial charge in [-0.1, -0.05) is 32.1 Å². The fraction of sp³-hybridized carbons (Fsp3) is 0.471. The van der Waals surface area contributed by atoms with E-state index in [-0.39, 0.29) is 23.4 Å². The van der Waals surface area contributed by atoms with E-state index in [0.717, 1.165) is 25.0 Å². The Bertz CT molecular complexity index is 796. The molecule has 0 bridgehead atoms. The van der Waals surface area contributed by atoms with Crippen molar-refractivity contribution in [3.8, 4) is 0 Å². The van der Waals surface area contributed by atoms with E-state index in [9.17, 15) is 26.4 Å². The molecule has 0 aliphatic heterocycles. The molecule has 0 atom stereocenters. The van der Waals surface area contributed by atoms with Crippen molar-refractivity contribution in [1.82, 2.24) is 5.32 Å².